The molecule has 2 aromatic carbocycles. The van der Waals surface area contributed by atoms with E-state index in [2.05, 4.69) is 5.32 Å². The molecule has 2 amide bonds. The van der Waals surface area contributed by atoms with Gasteiger partial charge in [-0.1, -0.05) is 30.3 Å². The minimum atomic E-state index is -2.31. The van der Waals surface area contributed by atoms with Crippen molar-refractivity contribution in [3.63, 3.8) is 0 Å². The molecule has 11 nitrogen and oxygen atoms in total. The van der Waals surface area contributed by atoms with Crippen LogP contribution in [0.2, 0.25) is 0 Å². The number of hydrogen-bond acceptors (Lipinski definition) is 9. The van der Waals surface area contributed by atoms with Gasteiger partial charge in [-0.2, -0.15) is 0 Å². The highest BCUT2D eigenvalue weighted by atomic mass is 31.2. The molecule has 0 spiro atoms. The minimum Gasteiger partial charge on any atom is -0.444 e. The number of amides is 2. The van der Waals surface area contributed by atoms with Gasteiger partial charge in [-0.05, 0) is 57.0 Å². The van der Waals surface area contributed by atoms with Crippen molar-refractivity contribution in [1.82, 2.24) is 5.32 Å². The summed E-state index contributed by atoms with van der Waals surface area (Å²) in [4.78, 5) is 69.2. The average molecular weight is 549 g/mol. The van der Waals surface area contributed by atoms with E-state index < -0.39 is 50.6 Å². The molecule has 0 unspecified atom stereocenters. The first-order chi connectivity index (χ1) is 17.9. The standard InChI is InChI=1S/C26H33N2O9P/c1-26(2,3)24(31)37-17-36-23(30)21(14-15-38(33)34)27-22(29)19-10-12-20(13-11-19)28(4)25(32)35-16-18-8-6-5-7-9-18/h5-13,21,33-34H,14-17H2,1-4H3,(H,27,29)/t21-/m0/s1. The number of nitrogens with zero attached hydrogens (tertiary/aromatic N) is 1. The van der Waals surface area contributed by atoms with Crippen LogP contribution in [0, 0.1) is 5.41 Å². The Morgan fingerprint density at radius 1 is 0.947 bits per heavy atom. The molecule has 12 heteroatoms. The van der Waals surface area contributed by atoms with Crippen LogP contribution in [0.1, 0.15) is 43.1 Å². The van der Waals surface area contributed by atoms with Crippen LogP contribution in [-0.4, -0.2) is 59.8 Å². The smallest absolute Gasteiger partial charge is 0.414 e. The summed E-state index contributed by atoms with van der Waals surface area (Å²) in [6.45, 7) is 4.39. The van der Waals surface area contributed by atoms with E-state index in [1.165, 1.54) is 24.1 Å². The van der Waals surface area contributed by atoms with Crippen LogP contribution < -0.4 is 10.2 Å². The molecule has 0 heterocycles. The van der Waals surface area contributed by atoms with Gasteiger partial charge in [-0.3, -0.25) is 14.5 Å². The molecule has 0 bridgehead atoms. The summed E-state index contributed by atoms with van der Waals surface area (Å²) in [7, 11) is -0.775. The van der Waals surface area contributed by atoms with Gasteiger partial charge in [-0.15, -0.1) is 0 Å². The average Bonchev–Trinajstić information content (AvgIpc) is 2.88. The lowest BCUT2D eigenvalue weighted by Crippen LogP contribution is -2.42. The lowest BCUT2D eigenvalue weighted by atomic mass is 9.98. The normalized spacial score (nSPS) is 11.9. The van der Waals surface area contributed by atoms with Crippen LogP contribution in [0.4, 0.5) is 10.5 Å². The Morgan fingerprint density at radius 3 is 2.16 bits per heavy atom. The molecule has 1 atom stereocenters. The summed E-state index contributed by atoms with van der Waals surface area (Å²) in [5.74, 6) is -2.09. The van der Waals surface area contributed by atoms with Crippen LogP contribution in [0.25, 0.3) is 0 Å². The second-order valence-electron chi connectivity index (χ2n) is 9.32. The number of ether oxygens (including phenoxy) is 3. The van der Waals surface area contributed by atoms with Crippen molar-refractivity contribution in [3.8, 4) is 0 Å². The maximum atomic E-state index is 12.8. The third-order valence-corrected chi connectivity index (χ3v) is 5.87. The number of anilines is 1. The number of hydrogen-bond donors (Lipinski definition) is 3. The fourth-order valence-corrected chi connectivity index (χ4v) is 3.44. The summed E-state index contributed by atoms with van der Waals surface area (Å²) >= 11 is 0. The highest BCUT2D eigenvalue weighted by Gasteiger charge is 2.26. The Kier molecular flexibility index (Phi) is 11.6. The first kappa shape index (κ1) is 30.7. The van der Waals surface area contributed by atoms with Gasteiger partial charge in [0.1, 0.15) is 12.6 Å². The molecular weight excluding hydrogens is 515 g/mol. The van der Waals surface area contributed by atoms with E-state index in [9.17, 15) is 29.0 Å². The van der Waals surface area contributed by atoms with Gasteiger partial charge in [0, 0.05) is 24.5 Å². The maximum absolute atomic E-state index is 12.8. The SMILES string of the molecule is CN(C(=O)OCc1ccccc1)c1ccc(C(=O)N[C@@H](CCP(O)O)C(=O)OCOC(=O)C(C)(C)C)cc1. The molecular formula is C26H33N2O9P. The molecule has 2 rings (SSSR count). The van der Waals surface area contributed by atoms with Crippen LogP contribution in [-0.2, 0) is 30.4 Å². The van der Waals surface area contributed by atoms with Crippen LogP contribution in [0.3, 0.4) is 0 Å². The fourth-order valence-electron chi connectivity index (χ4n) is 2.95. The highest BCUT2D eigenvalue weighted by molar-refractivity contribution is 7.45. The predicted molar refractivity (Wildman–Crippen MR) is 140 cm³/mol. The third kappa shape index (κ3) is 10.1. The predicted octanol–water partition coefficient (Wildman–Crippen LogP) is 3.33. The topological polar surface area (TPSA) is 152 Å². The van der Waals surface area contributed by atoms with Gasteiger partial charge in [0.25, 0.3) is 5.91 Å². The Balaban J connectivity index is 1.97. The Morgan fingerprint density at radius 2 is 1.58 bits per heavy atom. The number of esters is 2. The zero-order chi connectivity index (χ0) is 28.3. The van der Waals surface area contributed by atoms with Gasteiger partial charge in [0.2, 0.25) is 6.79 Å². The van der Waals surface area contributed by atoms with E-state index in [1.807, 2.05) is 30.3 Å². The largest absolute Gasteiger partial charge is 0.444 e. The quantitative estimate of drug-likeness (QED) is 0.218. The number of rotatable bonds is 11. The molecule has 0 aliphatic rings. The molecule has 3 N–H and O–H groups in total. The fraction of sp³-hybridized carbons (Fsp3) is 0.385. The third-order valence-electron chi connectivity index (χ3n) is 5.21. The Bertz CT molecular complexity index is 1090. The Hall–Kier alpha value is -3.53. The van der Waals surface area contributed by atoms with Crippen molar-refractivity contribution in [2.45, 2.75) is 39.8 Å². The molecule has 0 fully saturated rings. The molecule has 0 aromatic heterocycles. The van der Waals surface area contributed by atoms with Crippen molar-refractivity contribution in [1.29, 1.82) is 0 Å². The van der Waals surface area contributed by atoms with Crippen molar-refractivity contribution in [3.05, 3.63) is 65.7 Å². The summed E-state index contributed by atoms with van der Waals surface area (Å²) in [5.41, 5.74) is 0.716. The van der Waals surface area contributed by atoms with Gasteiger partial charge in [-0.25, -0.2) is 9.59 Å². The second kappa shape index (κ2) is 14.4. The molecule has 206 valence electrons. The number of nitrogens with one attached hydrogen (secondary N) is 1. The molecule has 0 saturated carbocycles. The maximum Gasteiger partial charge on any atom is 0.414 e. The van der Waals surface area contributed by atoms with Gasteiger partial charge in [0.15, 0.2) is 8.38 Å². The minimum absolute atomic E-state index is 0.107. The number of carbonyl (C=O) groups is 4. The number of carbonyl (C=O) groups excluding carboxylic acids is 4. The lowest BCUT2D eigenvalue weighted by Gasteiger charge is -2.20. The van der Waals surface area contributed by atoms with Crippen LogP contribution >= 0.6 is 8.38 Å². The lowest BCUT2D eigenvalue weighted by molar-refractivity contribution is -0.174. The van der Waals surface area contributed by atoms with E-state index in [4.69, 9.17) is 14.2 Å². The van der Waals surface area contributed by atoms with Gasteiger partial charge >= 0.3 is 18.0 Å². The zero-order valence-electron chi connectivity index (χ0n) is 21.7. The highest BCUT2D eigenvalue weighted by Crippen LogP contribution is 2.24. The summed E-state index contributed by atoms with van der Waals surface area (Å²) in [6.07, 6.45) is -0.832. The van der Waals surface area contributed by atoms with E-state index in [-0.39, 0.29) is 24.8 Å². The van der Waals surface area contributed by atoms with Gasteiger partial charge < -0.3 is 29.3 Å². The number of benzene rings is 2. The van der Waals surface area contributed by atoms with E-state index in [1.54, 1.807) is 32.9 Å². The molecule has 0 aliphatic heterocycles. The van der Waals surface area contributed by atoms with Crippen molar-refractivity contribution in [2.24, 2.45) is 5.41 Å². The summed E-state index contributed by atoms with van der Waals surface area (Å²) in [5, 5.41) is 2.50. The zero-order valence-corrected chi connectivity index (χ0v) is 22.6. The van der Waals surface area contributed by atoms with Crippen LogP contribution in [0.15, 0.2) is 54.6 Å². The van der Waals surface area contributed by atoms with Crippen molar-refractivity contribution in [2.75, 3.05) is 24.9 Å². The monoisotopic (exact) mass is 548 g/mol. The van der Waals surface area contributed by atoms with E-state index in [0.717, 1.165) is 5.56 Å². The molecule has 2 aromatic rings. The molecule has 38 heavy (non-hydrogen) atoms. The molecule has 0 saturated heterocycles. The Labute approximate surface area is 222 Å². The van der Waals surface area contributed by atoms with Gasteiger partial charge in [0.05, 0.1) is 5.41 Å². The first-order valence-electron chi connectivity index (χ1n) is 11.7. The van der Waals surface area contributed by atoms with Crippen molar-refractivity contribution >= 4 is 38.0 Å². The van der Waals surface area contributed by atoms with Crippen molar-refractivity contribution < 1.29 is 43.2 Å². The second-order valence-corrected chi connectivity index (χ2v) is 10.5. The first-order valence-corrected chi connectivity index (χ1v) is 13.2. The van der Waals surface area contributed by atoms with Crippen LogP contribution in [0.5, 0.6) is 0 Å². The van der Waals surface area contributed by atoms with E-state index in [0.29, 0.717) is 5.69 Å². The summed E-state index contributed by atoms with van der Waals surface area (Å²) in [6, 6.07) is 14.0. The molecule has 0 aliphatic carbocycles. The van der Waals surface area contributed by atoms with E-state index >= 15 is 0 Å². The summed E-state index contributed by atoms with van der Waals surface area (Å²) < 4.78 is 15.2. The molecule has 0 radical (unpaired) electrons.